The molecule has 0 radical (unpaired) electrons. The molecular weight excluding hydrogens is 332 g/mol. The van der Waals surface area contributed by atoms with E-state index in [1.807, 2.05) is 49.4 Å². The van der Waals surface area contributed by atoms with Gasteiger partial charge in [-0.15, -0.1) is 0 Å². The number of amides is 1. The minimum atomic E-state index is 0.0682. The first-order valence-electron chi connectivity index (χ1n) is 8.53. The predicted molar refractivity (Wildman–Crippen MR) is 104 cm³/mol. The maximum Gasteiger partial charge on any atom is 0.228 e. The summed E-state index contributed by atoms with van der Waals surface area (Å²) in [7, 11) is 4.71. The molecule has 0 bridgehead atoms. The van der Waals surface area contributed by atoms with Crippen LogP contribution in [0.2, 0.25) is 0 Å². The first-order chi connectivity index (χ1) is 12.6. The molecule has 0 spiro atoms. The van der Waals surface area contributed by atoms with Crippen molar-refractivity contribution in [2.45, 2.75) is 13.3 Å². The highest BCUT2D eigenvalue weighted by Gasteiger charge is 2.15. The molecular formula is C20H26N2O4. The van der Waals surface area contributed by atoms with E-state index in [9.17, 15) is 4.79 Å². The predicted octanol–water partition coefficient (Wildman–Crippen LogP) is 3.57. The Morgan fingerprint density at radius 1 is 1.00 bits per heavy atom. The molecule has 0 unspecified atom stereocenters. The second-order valence-electron chi connectivity index (χ2n) is 5.56. The maximum absolute atomic E-state index is 12.5. The summed E-state index contributed by atoms with van der Waals surface area (Å²) in [5.41, 5.74) is 1.71. The molecule has 0 saturated carbocycles. The van der Waals surface area contributed by atoms with Crippen LogP contribution in [0.5, 0.6) is 17.2 Å². The second-order valence-corrected chi connectivity index (χ2v) is 5.56. The standard InChI is InChI=1S/C20H26N2O4/c1-5-22(16-9-7-6-8-10-16)19(23)11-12-21-15-13-17(24-2)20(26-4)18(14-15)25-3/h6-10,13-14,21H,5,11-12H2,1-4H3. The van der Waals surface area contributed by atoms with Crippen LogP contribution in [0, 0.1) is 0 Å². The van der Waals surface area contributed by atoms with Crippen LogP contribution < -0.4 is 24.4 Å². The van der Waals surface area contributed by atoms with Gasteiger partial charge in [0.15, 0.2) is 11.5 Å². The lowest BCUT2D eigenvalue weighted by Crippen LogP contribution is -2.31. The largest absolute Gasteiger partial charge is 0.493 e. The first-order valence-corrected chi connectivity index (χ1v) is 8.53. The van der Waals surface area contributed by atoms with E-state index in [-0.39, 0.29) is 5.91 Å². The molecule has 2 aromatic rings. The number of hydrogen-bond donors (Lipinski definition) is 1. The van der Waals surface area contributed by atoms with Crippen molar-refractivity contribution in [2.75, 3.05) is 44.6 Å². The fourth-order valence-corrected chi connectivity index (χ4v) is 2.74. The Bertz CT molecular complexity index is 694. The van der Waals surface area contributed by atoms with Crippen molar-refractivity contribution in [3.8, 4) is 17.2 Å². The van der Waals surface area contributed by atoms with Gasteiger partial charge in [0.1, 0.15) is 0 Å². The average molecular weight is 358 g/mol. The Balaban J connectivity index is 2.01. The van der Waals surface area contributed by atoms with Crippen LogP contribution in [-0.2, 0) is 4.79 Å². The number of hydrogen-bond acceptors (Lipinski definition) is 5. The van der Waals surface area contributed by atoms with Gasteiger partial charge in [-0.1, -0.05) is 18.2 Å². The molecule has 0 fully saturated rings. The molecule has 0 heterocycles. The summed E-state index contributed by atoms with van der Waals surface area (Å²) < 4.78 is 16.0. The highest BCUT2D eigenvalue weighted by atomic mass is 16.5. The summed E-state index contributed by atoms with van der Waals surface area (Å²) in [6.07, 6.45) is 0.374. The van der Waals surface area contributed by atoms with E-state index >= 15 is 0 Å². The van der Waals surface area contributed by atoms with Crippen LogP contribution in [-0.4, -0.2) is 40.3 Å². The summed E-state index contributed by atoms with van der Waals surface area (Å²) in [5, 5.41) is 3.24. The number of nitrogens with one attached hydrogen (secondary N) is 1. The van der Waals surface area contributed by atoms with Crippen molar-refractivity contribution >= 4 is 17.3 Å². The molecule has 1 amide bonds. The van der Waals surface area contributed by atoms with E-state index < -0.39 is 0 Å². The number of methoxy groups -OCH3 is 3. The van der Waals surface area contributed by atoms with Crippen molar-refractivity contribution in [3.05, 3.63) is 42.5 Å². The number of benzene rings is 2. The lowest BCUT2D eigenvalue weighted by molar-refractivity contribution is -0.118. The minimum absolute atomic E-state index is 0.0682. The van der Waals surface area contributed by atoms with Gasteiger partial charge in [-0.3, -0.25) is 4.79 Å². The summed E-state index contributed by atoms with van der Waals surface area (Å²) in [5.74, 6) is 1.75. The quantitative estimate of drug-likeness (QED) is 0.743. The van der Waals surface area contributed by atoms with Gasteiger partial charge < -0.3 is 24.4 Å². The topological polar surface area (TPSA) is 60.0 Å². The zero-order chi connectivity index (χ0) is 18.9. The highest BCUT2D eigenvalue weighted by Crippen LogP contribution is 2.39. The number of anilines is 2. The third kappa shape index (κ3) is 4.59. The van der Waals surface area contributed by atoms with Crippen LogP contribution in [0.4, 0.5) is 11.4 Å². The van der Waals surface area contributed by atoms with Gasteiger partial charge in [0, 0.05) is 43.0 Å². The fourth-order valence-electron chi connectivity index (χ4n) is 2.74. The Labute approximate surface area is 154 Å². The molecule has 26 heavy (non-hydrogen) atoms. The number of rotatable bonds is 9. The van der Waals surface area contributed by atoms with E-state index in [1.165, 1.54) is 0 Å². The molecule has 0 aliphatic rings. The van der Waals surface area contributed by atoms with E-state index in [4.69, 9.17) is 14.2 Å². The van der Waals surface area contributed by atoms with Crippen molar-refractivity contribution in [3.63, 3.8) is 0 Å². The zero-order valence-corrected chi connectivity index (χ0v) is 15.7. The van der Waals surface area contributed by atoms with Crippen LogP contribution in [0.15, 0.2) is 42.5 Å². The van der Waals surface area contributed by atoms with Gasteiger partial charge >= 0.3 is 0 Å². The Morgan fingerprint density at radius 3 is 2.12 bits per heavy atom. The monoisotopic (exact) mass is 358 g/mol. The van der Waals surface area contributed by atoms with E-state index in [0.29, 0.717) is 36.8 Å². The average Bonchev–Trinajstić information content (AvgIpc) is 2.68. The SMILES string of the molecule is CCN(C(=O)CCNc1cc(OC)c(OC)c(OC)c1)c1ccccc1. The van der Waals surface area contributed by atoms with Gasteiger partial charge in [-0.05, 0) is 19.1 Å². The number of nitrogens with zero attached hydrogens (tertiary/aromatic N) is 1. The molecule has 2 rings (SSSR count). The van der Waals surface area contributed by atoms with Gasteiger partial charge in [0.2, 0.25) is 11.7 Å². The van der Waals surface area contributed by atoms with Gasteiger partial charge in [0.05, 0.1) is 21.3 Å². The van der Waals surface area contributed by atoms with E-state index in [1.54, 1.807) is 26.2 Å². The highest BCUT2D eigenvalue weighted by molar-refractivity contribution is 5.93. The van der Waals surface area contributed by atoms with Crippen LogP contribution >= 0.6 is 0 Å². The molecule has 0 atom stereocenters. The van der Waals surface area contributed by atoms with E-state index in [0.717, 1.165) is 11.4 Å². The van der Waals surface area contributed by atoms with Crippen LogP contribution in [0.1, 0.15) is 13.3 Å². The summed E-state index contributed by atoms with van der Waals surface area (Å²) >= 11 is 0. The molecule has 0 saturated heterocycles. The molecule has 0 aliphatic carbocycles. The molecule has 0 aromatic heterocycles. The van der Waals surface area contributed by atoms with Crippen LogP contribution in [0.25, 0.3) is 0 Å². The Kier molecular flexibility index (Phi) is 7.14. The Morgan fingerprint density at radius 2 is 1.62 bits per heavy atom. The third-order valence-electron chi connectivity index (χ3n) is 4.02. The molecule has 1 N–H and O–H groups in total. The molecule has 6 nitrogen and oxygen atoms in total. The zero-order valence-electron chi connectivity index (χ0n) is 15.7. The lowest BCUT2D eigenvalue weighted by Gasteiger charge is -2.21. The molecule has 6 heteroatoms. The van der Waals surface area contributed by atoms with Gasteiger partial charge in [-0.25, -0.2) is 0 Å². The van der Waals surface area contributed by atoms with Crippen molar-refractivity contribution < 1.29 is 19.0 Å². The Hall–Kier alpha value is -2.89. The number of carbonyl (C=O) groups is 1. The van der Waals surface area contributed by atoms with Gasteiger partial charge in [0.25, 0.3) is 0 Å². The van der Waals surface area contributed by atoms with Crippen LogP contribution in [0.3, 0.4) is 0 Å². The third-order valence-corrected chi connectivity index (χ3v) is 4.02. The van der Waals surface area contributed by atoms with Gasteiger partial charge in [-0.2, -0.15) is 0 Å². The van der Waals surface area contributed by atoms with Crippen molar-refractivity contribution in [1.82, 2.24) is 0 Å². The second kappa shape index (κ2) is 9.56. The molecule has 0 aliphatic heterocycles. The molecule has 2 aromatic carbocycles. The summed E-state index contributed by atoms with van der Waals surface area (Å²) in [4.78, 5) is 14.3. The summed E-state index contributed by atoms with van der Waals surface area (Å²) in [6, 6.07) is 13.3. The van der Waals surface area contributed by atoms with Crippen molar-refractivity contribution in [2.24, 2.45) is 0 Å². The number of ether oxygens (including phenoxy) is 3. The first kappa shape index (κ1) is 19.4. The maximum atomic E-state index is 12.5. The normalized spacial score (nSPS) is 10.2. The summed E-state index contributed by atoms with van der Waals surface area (Å²) in [6.45, 7) is 3.10. The van der Waals surface area contributed by atoms with Crippen molar-refractivity contribution in [1.29, 1.82) is 0 Å². The molecule has 140 valence electrons. The number of para-hydroxylation sites is 1. The smallest absolute Gasteiger partial charge is 0.228 e. The van der Waals surface area contributed by atoms with E-state index in [2.05, 4.69) is 5.32 Å². The minimum Gasteiger partial charge on any atom is -0.493 e. The number of carbonyl (C=O) groups excluding carboxylic acids is 1. The fraction of sp³-hybridized carbons (Fsp3) is 0.350. The lowest BCUT2D eigenvalue weighted by atomic mass is 10.2.